The molecule has 2 heterocycles. The van der Waals surface area contributed by atoms with Crippen molar-refractivity contribution in [3.63, 3.8) is 0 Å². The third-order valence-electron chi connectivity index (χ3n) is 3.49. The normalized spacial score (nSPS) is 19.1. The second-order valence-electron chi connectivity index (χ2n) is 4.85. The molecule has 2 aromatic rings. The summed E-state index contributed by atoms with van der Waals surface area (Å²) < 4.78 is 1.56. The number of aromatic nitrogens is 4. The van der Waals surface area contributed by atoms with E-state index in [9.17, 15) is 4.79 Å². The topological polar surface area (TPSA) is 75.9 Å². The Morgan fingerprint density at radius 1 is 1.35 bits per heavy atom. The third-order valence-corrected chi connectivity index (χ3v) is 3.49. The molecule has 1 aliphatic rings. The van der Waals surface area contributed by atoms with E-state index in [1.807, 2.05) is 29.2 Å². The molecular weight excluding hydrogens is 256 g/mol. The summed E-state index contributed by atoms with van der Waals surface area (Å²) in [6.45, 7) is 4.49. The molecule has 0 bridgehead atoms. The van der Waals surface area contributed by atoms with Gasteiger partial charge in [0.1, 0.15) is 6.33 Å². The highest BCUT2D eigenvalue weighted by Crippen LogP contribution is 2.13. The van der Waals surface area contributed by atoms with E-state index >= 15 is 0 Å². The number of nitrogens with zero attached hydrogens (tertiary/aromatic N) is 5. The second-order valence-corrected chi connectivity index (χ2v) is 4.85. The van der Waals surface area contributed by atoms with Gasteiger partial charge in [-0.3, -0.25) is 4.79 Å². The molecule has 0 saturated carbocycles. The molecule has 1 fully saturated rings. The number of benzene rings is 1. The summed E-state index contributed by atoms with van der Waals surface area (Å²) in [7, 11) is 0. The van der Waals surface area contributed by atoms with Gasteiger partial charge in [-0.25, -0.2) is 4.68 Å². The lowest BCUT2D eigenvalue weighted by atomic mass is 10.1. The first-order valence-electron chi connectivity index (χ1n) is 6.61. The number of piperazine rings is 1. The van der Waals surface area contributed by atoms with Gasteiger partial charge in [0.15, 0.2) is 0 Å². The van der Waals surface area contributed by atoms with Crippen molar-refractivity contribution in [1.82, 2.24) is 30.4 Å². The Morgan fingerprint density at radius 2 is 2.15 bits per heavy atom. The van der Waals surface area contributed by atoms with Crippen LogP contribution in [-0.2, 0) is 0 Å². The van der Waals surface area contributed by atoms with Crippen LogP contribution >= 0.6 is 0 Å². The van der Waals surface area contributed by atoms with E-state index in [0.29, 0.717) is 5.56 Å². The van der Waals surface area contributed by atoms with Crippen LogP contribution in [-0.4, -0.2) is 56.7 Å². The number of amides is 1. The highest BCUT2D eigenvalue weighted by atomic mass is 16.2. The maximum atomic E-state index is 12.5. The summed E-state index contributed by atoms with van der Waals surface area (Å²) in [4.78, 5) is 14.4. The summed E-state index contributed by atoms with van der Waals surface area (Å²) in [5.41, 5.74) is 1.52. The number of hydrogen-bond donors (Lipinski definition) is 1. The van der Waals surface area contributed by atoms with Crippen LogP contribution in [0.5, 0.6) is 0 Å². The van der Waals surface area contributed by atoms with Crippen LogP contribution in [0.15, 0.2) is 30.6 Å². The van der Waals surface area contributed by atoms with Crippen molar-refractivity contribution in [2.45, 2.75) is 13.0 Å². The molecule has 1 aliphatic heterocycles. The van der Waals surface area contributed by atoms with E-state index < -0.39 is 0 Å². The van der Waals surface area contributed by atoms with Crippen molar-refractivity contribution in [1.29, 1.82) is 0 Å². The molecule has 1 saturated heterocycles. The molecule has 7 heteroatoms. The largest absolute Gasteiger partial charge is 0.333 e. The molecule has 1 N–H and O–H groups in total. The Kier molecular flexibility index (Phi) is 3.42. The van der Waals surface area contributed by atoms with Crippen LogP contribution < -0.4 is 5.32 Å². The van der Waals surface area contributed by atoms with Crippen molar-refractivity contribution in [3.8, 4) is 5.69 Å². The minimum absolute atomic E-state index is 0.0715. The average Bonchev–Trinajstić information content (AvgIpc) is 3.01. The smallest absolute Gasteiger partial charge is 0.254 e. The van der Waals surface area contributed by atoms with Crippen LogP contribution in [0.25, 0.3) is 5.69 Å². The number of hydrogen-bond acceptors (Lipinski definition) is 5. The summed E-state index contributed by atoms with van der Waals surface area (Å²) in [6, 6.07) is 7.53. The van der Waals surface area contributed by atoms with Gasteiger partial charge in [-0.1, -0.05) is 0 Å². The maximum Gasteiger partial charge on any atom is 0.254 e. The van der Waals surface area contributed by atoms with Gasteiger partial charge in [-0.05, 0) is 41.6 Å². The SMILES string of the molecule is C[C@@H]1CNCCN1C(=O)c1ccc(-n2cnnn2)cc1. The van der Waals surface area contributed by atoms with Gasteiger partial charge in [0.05, 0.1) is 5.69 Å². The minimum Gasteiger partial charge on any atom is -0.333 e. The molecule has 20 heavy (non-hydrogen) atoms. The molecule has 0 aliphatic carbocycles. The fourth-order valence-corrected chi connectivity index (χ4v) is 2.34. The summed E-state index contributed by atoms with van der Waals surface area (Å²) in [5, 5.41) is 14.3. The van der Waals surface area contributed by atoms with Crippen molar-refractivity contribution < 1.29 is 4.79 Å². The molecule has 1 amide bonds. The fraction of sp³-hybridized carbons (Fsp3) is 0.385. The lowest BCUT2D eigenvalue weighted by Gasteiger charge is -2.34. The molecule has 0 unspecified atom stereocenters. The maximum absolute atomic E-state index is 12.5. The van der Waals surface area contributed by atoms with Crippen molar-refractivity contribution >= 4 is 5.91 Å². The average molecular weight is 272 g/mol. The summed E-state index contributed by atoms with van der Waals surface area (Å²) in [6.07, 6.45) is 1.52. The summed E-state index contributed by atoms with van der Waals surface area (Å²) >= 11 is 0. The molecule has 1 atom stereocenters. The van der Waals surface area contributed by atoms with Gasteiger partial charge in [0.2, 0.25) is 0 Å². The van der Waals surface area contributed by atoms with Gasteiger partial charge < -0.3 is 10.2 Å². The molecule has 104 valence electrons. The van der Waals surface area contributed by atoms with E-state index in [0.717, 1.165) is 25.3 Å². The van der Waals surface area contributed by atoms with Crippen LogP contribution in [0.1, 0.15) is 17.3 Å². The first kappa shape index (κ1) is 12.7. The Labute approximate surface area is 116 Å². The zero-order valence-corrected chi connectivity index (χ0v) is 11.2. The Hall–Kier alpha value is -2.28. The zero-order chi connectivity index (χ0) is 13.9. The predicted octanol–water partition coefficient (Wildman–Crippen LogP) is 0.0962. The predicted molar refractivity (Wildman–Crippen MR) is 72.5 cm³/mol. The number of carbonyl (C=O) groups is 1. The lowest BCUT2D eigenvalue weighted by Crippen LogP contribution is -2.52. The standard InChI is InChI=1S/C13H16N6O/c1-10-8-14-6-7-18(10)13(20)11-2-4-12(5-3-11)19-9-15-16-17-19/h2-5,9-10,14H,6-8H2,1H3/t10-/m1/s1. The lowest BCUT2D eigenvalue weighted by molar-refractivity contribution is 0.0656. The van der Waals surface area contributed by atoms with Crippen LogP contribution in [0.3, 0.4) is 0 Å². The third kappa shape index (κ3) is 2.39. The highest BCUT2D eigenvalue weighted by Gasteiger charge is 2.23. The second kappa shape index (κ2) is 5.38. The van der Waals surface area contributed by atoms with Crippen LogP contribution in [0, 0.1) is 0 Å². The number of tetrazole rings is 1. The minimum atomic E-state index is 0.0715. The van der Waals surface area contributed by atoms with Gasteiger partial charge >= 0.3 is 0 Å². The highest BCUT2D eigenvalue weighted by molar-refractivity contribution is 5.94. The number of rotatable bonds is 2. The first-order valence-corrected chi connectivity index (χ1v) is 6.61. The van der Waals surface area contributed by atoms with Gasteiger partial charge in [0, 0.05) is 31.2 Å². The van der Waals surface area contributed by atoms with Gasteiger partial charge in [0.25, 0.3) is 5.91 Å². The van der Waals surface area contributed by atoms with E-state index in [1.54, 1.807) is 4.68 Å². The fourth-order valence-electron chi connectivity index (χ4n) is 2.34. The van der Waals surface area contributed by atoms with Crippen LogP contribution in [0.2, 0.25) is 0 Å². The number of nitrogens with one attached hydrogen (secondary N) is 1. The molecule has 7 nitrogen and oxygen atoms in total. The molecule has 3 rings (SSSR count). The number of carbonyl (C=O) groups excluding carboxylic acids is 1. The molecule has 0 spiro atoms. The molecule has 1 aromatic heterocycles. The van der Waals surface area contributed by atoms with E-state index in [-0.39, 0.29) is 11.9 Å². The Morgan fingerprint density at radius 3 is 2.80 bits per heavy atom. The van der Waals surface area contributed by atoms with Crippen molar-refractivity contribution in [2.24, 2.45) is 0 Å². The van der Waals surface area contributed by atoms with E-state index in [1.165, 1.54) is 6.33 Å². The van der Waals surface area contributed by atoms with Crippen LogP contribution in [0.4, 0.5) is 0 Å². The van der Waals surface area contributed by atoms with Gasteiger partial charge in [-0.15, -0.1) is 5.10 Å². The molecular formula is C13H16N6O. The van der Waals surface area contributed by atoms with Crippen molar-refractivity contribution in [2.75, 3.05) is 19.6 Å². The Bertz CT molecular complexity index is 579. The van der Waals surface area contributed by atoms with Crippen molar-refractivity contribution in [3.05, 3.63) is 36.2 Å². The monoisotopic (exact) mass is 272 g/mol. The Balaban J connectivity index is 1.78. The van der Waals surface area contributed by atoms with Gasteiger partial charge in [-0.2, -0.15) is 0 Å². The van der Waals surface area contributed by atoms with E-state index in [4.69, 9.17) is 0 Å². The first-order chi connectivity index (χ1) is 9.75. The molecule has 0 radical (unpaired) electrons. The van der Waals surface area contributed by atoms with E-state index in [2.05, 4.69) is 27.8 Å². The summed E-state index contributed by atoms with van der Waals surface area (Å²) in [5.74, 6) is 0.0715. The zero-order valence-electron chi connectivity index (χ0n) is 11.2. The quantitative estimate of drug-likeness (QED) is 0.839. The molecule has 1 aromatic carbocycles.